The average Bonchev–Trinajstić information content (AvgIpc) is 2.64. The first-order valence-electron chi connectivity index (χ1n) is 4.90. The smallest absolute Gasteiger partial charge is 0.251 e. The number of carbonyl (C=O) groups excluding carboxylic acids is 2. The molecule has 1 heterocycles. The van der Waals surface area contributed by atoms with Crippen molar-refractivity contribution in [3.05, 3.63) is 34.3 Å². The minimum Gasteiger partial charge on any atom is -0.341 e. The third-order valence-corrected chi connectivity index (χ3v) is 3.83. The average molecular weight is 300 g/mol. The Hall–Kier alpha value is -0.810. The molecule has 1 aliphatic rings. The summed E-state index contributed by atoms with van der Waals surface area (Å²) in [6, 6.07) is 6.79. The van der Waals surface area contributed by atoms with Crippen molar-refractivity contribution in [2.24, 2.45) is 0 Å². The van der Waals surface area contributed by atoms with Crippen molar-refractivity contribution in [2.75, 3.05) is 5.75 Å². The molecule has 1 N–H and O–H groups in total. The lowest BCUT2D eigenvalue weighted by atomic mass is 10.2. The van der Waals surface area contributed by atoms with Gasteiger partial charge in [0.1, 0.15) is 0 Å². The van der Waals surface area contributed by atoms with Crippen LogP contribution in [-0.4, -0.2) is 22.8 Å². The monoisotopic (exact) mass is 299 g/mol. The summed E-state index contributed by atoms with van der Waals surface area (Å²) in [7, 11) is 0. The summed E-state index contributed by atoms with van der Waals surface area (Å²) in [5, 5.41) is 2.80. The molecule has 1 unspecified atom stereocenters. The van der Waals surface area contributed by atoms with Gasteiger partial charge >= 0.3 is 0 Å². The summed E-state index contributed by atoms with van der Waals surface area (Å²) in [5.74, 6) is 0.601. The van der Waals surface area contributed by atoms with E-state index in [1.807, 2.05) is 6.07 Å². The Bertz CT molecular complexity index is 436. The van der Waals surface area contributed by atoms with Crippen LogP contribution in [0.4, 0.5) is 0 Å². The van der Waals surface area contributed by atoms with Gasteiger partial charge in [-0.1, -0.05) is 33.8 Å². The van der Waals surface area contributed by atoms with Gasteiger partial charge in [-0.2, -0.15) is 0 Å². The van der Waals surface area contributed by atoms with Crippen LogP contribution in [0.25, 0.3) is 0 Å². The molecular weight excluding hydrogens is 290 g/mol. The molecule has 84 valence electrons. The van der Waals surface area contributed by atoms with Crippen LogP contribution in [0.5, 0.6) is 0 Å². The largest absolute Gasteiger partial charge is 0.341 e. The third-order valence-electron chi connectivity index (χ3n) is 2.33. The molecule has 0 aromatic heterocycles. The minimum absolute atomic E-state index is 0.0587. The van der Waals surface area contributed by atoms with E-state index in [-0.39, 0.29) is 17.1 Å². The predicted octanol–water partition coefficient (Wildman–Crippen LogP) is 2.21. The zero-order chi connectivity index (χ0) is 11.5. The van der Waals surface area contributed by atoms with E-state index < -0.39 is 0 Å². The molecule has 1 atom stereocenters. The van der Waals surface area contributed by atoms with Gasteiger partial charge in [0.2, 0.25) is 5.12 Å². The molecular formula is C11H10BrNO2S. The summed E-state index contributed by atoms with van der Waals surface area (Å²) < 4.78 is 0.854. The maximum atomic E-state index is 11.8. The van der Waals surface area contributed by atoms with Gasteiger partial charge in [-0.15, -0.1) is 0 Å². The molecule has 0 radical (unpaired) electrons. The zero-order valence-electron chi connectivity index (χ0n) is 8.40. The molecule has 0 bridgehead atoms. The van der Waals surface area contributed by atoms with E-state index in [1.54, 1.807) is 18.2 Å². The lowest BCUT2D eigenvalue weighted by molar-refractivity contribution is -0.112. The van der Waals surface area contributed by atoms with E-state index in [4.69, 9.17) is 0 Å². The van der Waals surface area contributed by atoms with Crippen LogP contribution in [0.2, 0.25) is 0 Å². The summed E-state index contributed by atoms with van der Waals surface area (Å²) in [6.45, 7) is 0. The number of nitrogens with one attached hydrogen (secondary N) is 1. The van der Waals surface area contributed by atoms with Crippen molar-refractivity contribution >= 4 is 38.7 Å². The van der Waals surface area contributed by atoms with Crippen molar-refractivity contribution in [1.82, 2.24) is 5.32 Å². The molecule has 0 spiro atoms. The number of carbonyl (C=O) groups is 2. The fourth-order valence-electron chi connectivity index (χ4n) is 1.50. The van der Waals surface area contributed by atoms with Gasteiger partial charge in [0.15, 0.2) is 0 Å². The maximum absolute atomic E-state index is 11.8. The number of hydrogen-bond acceptors (Lipinski definition) is 3. The lowest BCUT2D eigenvalue weighted by Crippen LogP contribution is -2.37. The maximum Gasteiger partial charge on any atom is 0.251 e. The van der Waals surface area contributed by atoms with Crippen LogP contribution in [0.1, 0.15) is 16.8 Å². The number of thioether (sulfide) groups is 1. The van der Waals surface area contributed by atoms with Gasteiger partial charge in [0, 0.05) is 15.8 Å². The van der Waals surface area contributed by atoms with Crippen molar-refractivity contribution < 1.29 is 9.59 Å². The summed E-state index contributed by atoms with van der Waals surface area (Å²) >= 11 is 4.59. The van der Waals surface area contributed by atoms with Crippen molar-refractivity contribution in [1.29, 1.82) is 0 Å². The lowest BCUT2D eigenvalue weighted by Gasteiger charge is -2.10. The van der Waals surface area contributed by atoms with Gasteiger partial charge in [-0.3, -0.25) is 9.59 Å². The quantitative estimate of drug-likeness (QED) is 0.911. The van der Waals surface area contributed by atoms with Gasteiger partial charge in [0.25, 0.3) is 5.91 Å². The van der Waals surface area contributed by atoms with Gasteiger partial charge < -0.3 is 5.32 Å². The van der Waals surface area contributed by atoms with Crippen LogP contribution < -0.4 is 5.32 Å². The number of hydrogen-bond donors (Lipinski definition) is 1. The molecule has 16 heavy (non-hydrogen) atoms. The molecule has 1 amide bonds. The van der Waals surface area contributed by atoms with E-state index in [0.717, 1.165) is 16.6 Å². The first kappa shape index (κ1) is 11.7. The van der Waals surface area contributed by atoms with Crippen LogP contribution in [0, 0.1) is 0 Å². The predicted molar refractivity (Wildman–Crippen MR) is 67.5 cm³/mol. The fourth-order valence-corrected chi connectivity index (χ4v) is 2.83. The molecule has 2 rings (SSSR count). The highest BCUT2D eigenvalue weighted by Gasteiger charge is 2.26. The highest BCUT2D eigenvalue weighted by Crippen LogP contribution is 2.20. The first-order chi connectivity index (χ1) is 7.66. The molecule has 0 aliphatic carbocycles. The highest BCUT2D eigenvalue weighted by atomic mass is 79.9. The first-order valence-corrected chi connectivity index (χ1v) is 6.68. The molecule has 1 aromatic carbocycles. The standard InChI is InChI=1S/C11H10BrNO2S/c12-8-3-1-2-7(6-8)10(14)13-9-4-5-16-11(9)15/h1-3,6,9H,4-5H2,(H,13,14). The number of halogens is 1. The molecule has 3 nitrogen and oxygen atoms in total. The molecule has 1 fully saturated rings. The van der Waals surface area contributed by atoms with Crippen LogP contribution in [0.3, 0.4) is 0 Å². The van der Waals surface area contributed by atoms with Crippen molar-refractivity contribution in [3.63, 3.8) is 0 Å². The number of rotatable bonds is 2. The molecule has 5 heteroatoms. The van der Waals surface area contributed by atoms with Gasteiger partial charge in [-0.05, 0) is 24.6 Å². The summed E-state index contributed by atoms with van der Waals surface area (Å²) in [5.41, 5.74) is 0.569. The van der Waals surface area contributed by atoms with Crippen LogP contribution in [-0.2, 0) is 4.79 Å². The van der Waals surface area contributed by atoms with Crippen LogP contribution in [0.15, 0.2) is 28.7 Å². The molecule has 1 aliphatic heterocycles. The van der Waals surface area contributed by atoms with Gasteiger partial charge in [0.05, 0.1) is 6.04 Å². The summed E-state index contributed by atoms with van der Waals surface area (Å²) in [6.07, 6.45) is 0.725. The SMILES string of the molecule is O=C(NC1CCSC1=O)c1cccc(Br)c1. The van der Waals surface area contributed by atoms with Gasteiger partial charge in [-0.25, -0.2) is 0 Å². The molecule has 0 saturated carbocycles. The Balaban J connectivity index is 2.05. The number of amides is 1. The van der Waals surface area contributed by atoms with E-state index in [0.29, 0.717) is 5.56 Å². The summed E-state index contributed by atoms with van der Waals surface area (Å²) in [4.78, 5) is 23.2. The van der Waals surface area contributed by atoms with E-state index in [9.17, 15) is 9.59 Å². The number of benzene rings is 1. The van der Waals surface area contributed by atoms with E-state index >= 15 is 0 Å². The fraction of sp³-hybridized carbons (Fsp3) is 0.273. The van der Waals surface area contributed by atoms with E-state index in [1.165, 1.54) is 11.8 Å². The Morgan fingerprint density at radius 2 is 2.31 bits per heavy atom. The molecule has 1 saturated heterocycles. The zero-order valence-corrected chi connectivity index (χ0v) is 10.8. The topological polar surface area (TPSA) is 46.2 Å². The Labute approximate surface area is 106 Å². The Kier molecular flexibility index (Phi) is 3.66. The second-order valence-electron chi connectivity index (χ2n) is 3.49. The van der Waals surface area contributed by atoms with Crippen molar-refractivity contribution in [3.8, 4) is 0 Å². The third kappa shape index (κ3) is 2.65. The van der Waals surface area contributed by atoms with Crippen molar-refractivity contribution in [2.45, 2.75) is 12.5 Å². The van der Waals surface area contributed by atoms with Crippen LogP contribution >= 0.6 is 27.7 Å². The normalized spacial score (nSPS) is 19.8. The minimum atomic E-state index is -0.323. The highest BCUT2D eigenvalue weighted by molar-refractivity contribution is 9.10. The second-order valence-corrected chi connectivity index (χ2v) is 5.51. The Morgan fingerprint density at radius 1 is 1.50 bits per heavy atom. The Morgan fingerprint density at radius 3 is 2.94 bits per heavy atom. The second kappa shape index (κ2) is 5.01. The molecule has 1 aromatic rings. The van der Waals surface area contributed by atoms with E-state index in [2.05, 4.69) is 21.2 Å².